The molecule has 5 rings (SSSR count). The molecule has 30 heavy (non-hydrogen) atoms. The highest BCUT2D eigenvalue weighted by Crippen LogP contribution is 2.27. The Morgan fingerprint density at radius 2 is 1.87 bits per heavy atom. The lowest BCUT2D eigenvalue weighted by Crippen LogP contribution is -2.49. The van der Waals surface area contributed by atoms with Crippen LogP contribution >= 0.6 is 24.8 Å². The van der Waals surface area contributed by atoms with Crippen molar-refractivity contribution < 1.29 is 9.21 Å². The number of likely N-dealkylation sites (tertiary alicyclic amines) is 1. The zero-order valence-electron chi connectivity index (χ0n) is 16.6. The van der Waals surface area contributed by atoms with Gasteiger partial charge in [0.05, 0.1) is 17.3 Å². The number of pyridine rings is 1. The molecule has 1 atom stereocenters. The lowest BCUT2D eigenvalue weighted by atomic mass is 10.1. The number of furan rings is 1. The largest absolute Gasteiger partial charge is 0.463 e. The Labute approximate surface area is 188 Å². The van der Waals surface area contributed by atoms with Crippen molar-refractivity contribution >= 4 is 41.6 Å². The number of hydrogen-bond donors (Lipinski definition) is 1. The molecule has 2 aliphatic rings. The minimum absolute atomic E-state index is 0. The first-order valence-electron chi connectivity index (χ1n) is 9.97. The Kier molecular flexibility index (Phi) is 7.36. The minimum atomic E-state index is 0. The molecule has 4 heterocycles. The van der Waals surface area contributed by atoms with Crippen molar-refractivity contribution in [2.75, 3.05) is 39.3 Å². The molecule has 0 radical (unpaired) electrons. The van der Waals surface area contributed by atoms with E-state index in [0.29, 0.717) is 23.1 Å². The van der Waals surface area contributed by atoms with Gasteiger partial charge in [0.15, 0.2) is 5.76 Å². The summed E-state index contributed by atoms with van der Waals surface area (Å²) < 4.78 is 5.53. The van der Waals surface area contributed by atoms with Crippen LogP contribution in [0.2, 0.25) is 0 Å². The van der Waals surface area contributed by atoms with Crippen molar-refractivity contribution in [2.24, 2.45) is 0 Å². The maximum Gasteiger partial charge on any atom is 0.254 e. The first kappa shape index (κ1) is 22.6. The van der Waals surface area contributed by atoms with E-state index in [4.69, 9.17) is 9.40 Å². The Hall–Kier alpha value is -2.12. The summed E-state index contributed by atoms with van der Waals surface area (Å²) in [7, 11) is 0. The lowest BCUT2D eigenvalue weighted by molar-refractivity contribution is 0.0775. The van der Waals surface area contributed by atoms with Gasteiger partial charge >= 0.3 is 0 Å². The van der Waals surface area contributed by atoms with Crippen LogP contribution < -0.4 is 5.32 Å². The third-order valence-corrected chi connectivity index (χ3v) is 5.84. The average Bonchev–Trinajstić information content (AvgIpc) is 3.45. The SMILES string of the molecule is Cl.Cl.O=C(c1cc(-c2ccco2)nc2ccccc12)N1CCC(N2CCNCC2)C1. The second-order valence-corrected chi connectivity index (χ2v) is 7.53. The summed E-state index contributed by atoms with van der Waals surface area (Å²) in [6.07, 6.45) is 2.67. The summed E-state index contributed by atoms with van der Waals surface area (Å²) in [6, 6.07) is 13.9. The highest BCUT2D eigenvalue weighted by atomic mass is 35.5. The Morgan fingerprint density at radius 1 is 1.07 bits per heavy atom. The Balaban J connectivity index is 0.00000128. The Morgan fingerprint density at radius 3 is 2.63 bits per heavy atom. The summed E-state index contributed by atoms with van der Waals surface area (Å²) in [6.45, 7) is 5.80. The van der Waals surface area contributed by atoms with Gasteiger partial charge in [0.1, 0.15) is 5.69 Å². The number of amides is 1. The summed E-state index contributed by atoms with van der Waals surface area (Å²) in [5.41, 5.74) is 2.22. The van der Waals surface area contributed by atoms with Crippen LogP contribution in [-0.4, -0.2) is 66.0 Å². The topological polar surface area (TPSA) is 61.6 Å². The van der Waals surface area contributed by atoms with E-state index in [-0.39, 0.29) is 30.7 Å². The van der Waals surface area contributed by atoms with Crippen LogP contribution in [0.5, 0.6) is 0 Å². The van der Waals surface area contributed by atoms with Crippen LogP contribution in [0.1, 0.15) is 16.8 Å². The Bertz CT molecular complexity index is 990. The molecule has 2 fully saturated rings. The highest BCUT2D eigenvalue weighted by molar-refractivity contribution is 6.07. The molecule has 0 saturated carbocycles. The number of piperazine rings is 1. The third kappa shape index (κ3) is 4.32. The van der Waals surface area contributed by atoms with Gasteiger partial charge in [-0.2, -0.15) is 0 Å². The normalized spacial score (nSPS) is 19.3. The fourth-order valence-corrected chi connectivity index (χ4v) is 4.34. The molecule has 2 saturated heterocycles. The lowest BCUT2D eigenvalue weighted by Gasteiger charge is -2.32. The van der Waals surface area contributed by atoms with Crippen molar-refractivity contribution in [3.8, 4) is 11.5 Å². The number of carbonyl (C=O) groups is 1. The molecule has 0 aliphatic carbocycles. The van der Waals surface area contributed by atoms with Crippen molar-refractivity contribution in [1.29, 1.82) is 0 Å². The van der Waals surface area contributed by atoms with Gasteiger partial charge in [-0.25, -0.2) is 4.98 Å². The van der Waals surface area contributed by atoms with Crippen LogP contribution in [-0.2, 0) is 0 Å². The molecule has 2 aromatic heterocycles. The van der Waals surface area contributed by atoms with E-state index in [9.17, 15) is 4.79 Å². The third-order valence-electron chi connectivity index (χ3n) is 5.84. The first-order chi connectivity index (χ1) is 13.8. The van der Waals surface area contributed by atoms with Gasteiger partial charge in [0, 0.05) is 50.7 Å². The molecule has 8 heteroatoms. The van der Waals surface area contributed by atoms with E-state index < -0.39 is 0 Å². The van der Waals surface area contributed by atoms with Crippen LogP contribution in [0, 0.1) is 0 Å². The molecule has 0 bridgehead atoms. The maximum absolute atomic E-state index is 13.4. The number of para-hydroxylation sites is 1. The molecular formula is C22H26Cl2N4O2. The second-order valence-electron chi connectivity index (χ2n) is 7.53. The van der Waals surface area contributed by atoms with E-state index >= 15 is 0 Å². The first-order valence-corrected chi connectivity index (χ1v) is 9.97. The second kappa shape index (κ2) is 9.79. The predicted molar refractivity (Wildman–Crippen MR) is 123 cm³/mol. The fraction of sp³-hybridized carbons (Fsp3) is 0.364. The zero-order chi connectivity index (χ0) is 18.9. The molecule has 2 aliphatic heterocycles. The number of nitrogens with one attached hydrogen (secondary N) is 1. The number of fused-ring (bicyclic) bond motifs is 1. The number of benzene rings is 1. The highest BCUT2D eigenvalue weighted by Gasteiger charge is 2.32. The van der Waals surface area contributed by atoms with Crippen molar-refractivity contribution in [3.63, 3.8) is 0 Å². The molecule has 6 nitrogen and oxygen atoms in total. The molecular weight excluding hydrogens is 423 g/mol. The standard InChI is InChI=1S/C22H24N4O2.2ClH/c27-22(26-10-7-16(15-26)25-11-8-23-9-12-25)18-14-20(21-6-3-13-28-21)24-19-5-2-1-4-17(18)19;;/h1-6,13-14,16,23H,7-12,15H2;2*1H. The number of aromatic nitrogens is 1. The van der Waals surface area contributed by atoms with Crippen molar-refractivity contribution in [1.82, 2.24) is 20.1 Å². The summed E-state index contributed by atoms with van der Waals surface area (Å²) in [5, 5.41) is 4.30. The number of nitrogens with zero attached hydrogens (tertiary/aromatic N) is 3. The van der Waals surface area contributed by atoms with Crippen LogP contribution in [0.15, 0.2) is 53.1 Å². The smallest absolute Gasteiger partial charge is 0.254 e. The van der Waals surface area contributed by atoms with E-state index in [2.05, 4.69) is 10.2 Å². The summed E-state index contributed by atoms with van der Waals surface area (Å²) >= 11 is 0. The van der Waals surface area contributed by atoms with Crippen LogP contribution in [0.3, 0.4) is 0 Å². The van der Waals surface area contributed by atoms with Gasteiger partial charge in [-0.05, 0) is 30.7 Å². The molecule has 1 N–H and O–H groups in total. The summed E-state index contributed by atoms with van der Waals surface area (Å²) in [4.78, 5) is 22.7. The van der Waals surface area contributed by atoms with Gasteiger partial charge < -0.3 is 14.6 Å². The van der Waals surface area contributed by atoms with Gasteiger partial charge in [-0.1, -0.05) is 18.2 Å². The predicted octanol–water partition coefficient (Wildman–Crippen LogP) is 3.46. The average molecular weight is 449 g/mol. The van der Waals surface area contributed by atoms with Crippen molar-refractivity contribution in [2.45, 2.75) is 12.5 Å². The number of carbonyl (C=O) groups excluding carboxylic acids is 1. The van der Waals surface area contributed by atoms with Crippen LogP contribution in [0.25, 0.3) is 22.4 Å². The molecule has 3 aromatic rings. The number of halogens is 2. The van der Waals surface area contributed by atoms with Gasteiger partial charge in [-0.3, -0.25) is 9.69 Å². The number of rotatable bonds is 3. The van der Waals surface area contributed by atoms with E-state index in [1.54, 1.807) is 6.26 Å². The monoisotopic (exact) mass is 448 g/mol. The maximum atomic E-state index is 13.4. The minimum Gasteiger partial charge on any atom is -0.463 e. The van der Waals surface area contributed by atoms with E-state index in [1.807, 2.05) is 47.4 Å². The number of hydrogen-bond acceptors (Lipinski definition) is 5. The molecule has 1 unspecified atom stereocenters. The fourth-order valence-electron chi connectivity index (χ4n) is 4.34. The van der Waals surface area contributed by atoms with E-state index in [1.165, 1.54) is 0 Å². The van der Waals surface area contributed by atoms with Gasteiger partial charge in [0.2, 0.25) is 0 Å². The van der Waals surface area contributed by atoms with E-state index in [0.717, 1.165) is 56.6 Å². The van der Waals surface area contributed by atoms with Gasteiger partial charge in [-0.15, -0.1) is 24.8 Å². The molecule has 1 aromatic carbocycles. The molecule has 1 amide bonds. The molecule has 0 spiro atoms. The molecule has 160 valence electrons. The quantitative estimate of drug-likeness (QED) is 0.664. The van der Waals surface area contributed by atoms with Crippen molar-refractivity contribution in [3.05, 3.63) is 54.3 Å². The summed E-state index contributed by atoms with van der Waals surface area (Å²) in [5.74, 6) is 0.768. The van der Waals surface area contributed by atoms with Crippen LogP contribution in [0.4, 0.5) is 0 Å². The zero-order valence-corrected chi connectivity index (χ0v) is 18.3. The van der Waals surface area contributed by atoms with Gasteiger partial charge in [0.25, 0.3) is 5.91 Å².